The van der Waals surface area contributed by atoms with E-state index < -0.39 is 11.9 Å². The molecule has 0 aliphatic carbocycles. The summed E-state index contributed by atoms with van der Waals surface area (Å²) in [6.45, 7) is 1.99. The van der Waals surface area contributed by atoms with E-state index >= 15 is 0 Å². The summed E-state index contributed by atoms with van der Waals surface area (Å²) in [4.78, 5) is 21.3. The maximum Gasteiger partial charge on any atom is 0.336 e. The molecule has 0 atom stereocenters. The Hall–Kier alpha value is -2.10. The summed E-state index contributed by atoms with van der Waals surface area (Å²) in [5.41, 5.74) is 1.26. The minimum atomic E-state index is -1.27. The molecule has 1 aromatic carbocycles. The quantitative estimate of drug-likeness (QED) is 0.759. The van der Waals surface area contributed by atoms with Gasteiger partial charge in [0, 0.05) is 6.08 Å². The Morgan fingerprint density at radius 1 is 1.19 bits per heavy atom. The molecule has 0 saturated carbocycles. The number of hydrogen-bond acceptors (Lipinski definition) is 2. The molecule has 0 unspecified atom stereocenters. The normalized spacial score (nSPS) is 11.2. The van der Waals surface area contributed by atoms with Crippen LogP contribution in [0, 0.1) is 0 Å². The van der Waals surface area contributed by atoms with E-state index in [4.69, 9.17) is 10.2 Å². The first-order valence-electron chi connectivity index (χ1n) is 4.81. The Kier molecular flexibility index (Phi) is 3.83. The predicted molar refractivity (Wildman–Crippen MR) is 59.1 cm³/mol. The topological polar surface area (TPSA) is 74.6 Å². The van der Waals surface area contributed by atoms with Gasteiger partial charge in [-0.05, 0) is 17.5 Å². The number of aryl methyl sites for hydroxylation is 1. The molecule has 4 nitrogen and oxygen atoms in total. The third-order valence-electron chi connectivity index (χ3n) is 2.17. The zero-order chi connectivity index (χ0) is 12.1. The van der Waals surface area contributed by atoms with Gasteiger partial charge >= 0.3 is 11.9 Å². The number of hydrogen-bond donors (Lipinski definition) is 2. The molecule has 0 spiro atoms. The summed E-state index contributed by atoms with van der Waals surface area (Å²) in [5.74, 6) is -2.51. The van der Waals surface area contributed by atoms with E-state index in [0.717, 1.165) is 12.0 Å². The highest BCUT2D eigenvalue weighted by atomic mass is 16.4. The molecule has 1 rings (SSSR count). The molecule has 0 heterocycles. The van der Waals surface area contributed by atoms with Gasteiger partial charge in [-0.15, -0.1) is 0 Å². The Morgan fingerprint density at radius 2 is 1.75 bits per heavy atom. The number of carboxylic acids is 2. The van der Waals surface area contributed by atoms with Gasteiger partial charge in [0.2, 0.25) is 0 Å². The number of carbonyl (C=O) groups is 2. The molecule has 1 aromatic rings. The molecule has 0 bridgehead atoms. The van der Waals surface area contributed by atoms with E-state index in [1.54, 1.807) is 24.3 Å². The van der Waals surface area contributed by atoms with Crippen LogP contribution in [0.4, 0.5) is 0 Å². The van der Waals surface area contributed by atoms with E-state index in [0.29, 0.717) is 11.6 Å². The summed E-state index contributed by atoms with van der Waals surface area (Å²) in [6, 6.07) is 6.80. The van der Waals surface area contributed by atoms with Crippen LogP contribution in [0.15, 0.2) is 30.3 Å². The highest BCUT2D eigenvalue weighted by Gasteiger charge is 2.11. The standard InChI is InChI=1S/C12H12O4/c1-2-8-3-5-9(6-4-8)10(12(15)16)7-11(13)14/h3-7H,2H2,1H3,(H,13,14)(H,15,16)/b10-7-. The van der Waals surface area contributed by atoms with Gasteiger partial charge in [0.1, 0.15) is 0 Å². The van der Waals surface area contributed by atoms with Crippen molar-refractivity contribution in [3.8, 4) is 0 Å². The van der Waals surface area contributed by atoms with E-state index in [9.17, 15) is 9.59 Å². The van der Waals surface area contributed by atoms with Crippen LogP contribution >= 0.6 is 0 Å². The fourth-order valence-electron chi connectivity index (χ4n) is 1.31. The fraction of sp³-hybridized carbons (Fsp3) is 0.167. The van der Waals surface area contributed by atoms with Gasteiger partial charge in [0.25, 0.3) is 0 Å². The minimum Gasteiger partial charge on any atom is -0.478 e. The molecule has 0 amide bonds. The molecule has 0 aliphatic rings. The van der Waals surface area contributed by atoms with Crippen molar-refractivity contribution in [1.82, 2.24) is 0 Å². The molecule has 0 fully saturated rings. The molecule has 0 aromatic heterocycles. The smallest absolute Gasteiger partial charge is 0.336 e. The lowest BCUT2D eigenvalue weighted by atomic mass is 10.0. The first-order chi connectivity index (χ1) is 7.54. The monoisotopic (exact) mass is 220 g/mol. The highest BCUT2D eigenvalue weighted by Crippen LogP contribution is 2.15. The van der Waals surface area contributed by atoms with Crippen LogP contribution in [0.25, 0.3) is 5.57 Å². The number of carboxylic acid groups (broad SMARTS) is 2. The molecule has 84 valence electrons. The van der Waals surface area contributed by atoms with Crippen molar-refractivity contribution >= 4 is 17.5 Å². The molecule has 0 radical (unpaired) electrons. The van der Waals surface area contributed by atoms with Gasteiger partial charge in [-0.1, -0.05) is 31.2 Å². The fourth-order valence-corrected chi connectivity index (χ4v) is 1.31. The summed E-state index contributed by atoms with van der Waals surface area (Å²) in [7, 11) is 0. The van der Waals surface area contributed by atoms with E-state index in [1.807, 2.05) is 6.92 Å². The molecule has 16 heavy (non-hydrogen) atoms. The second kappa shape index (κ2) is 5.11. The van der Waals surface area contributed by atoms with Crippen molar-refractivity contribution < 1.29 is 19.8 Å². The van der Waals surface area contributed by atoms with Gasteiger partial charge < -0.3 is 10.2 Å². The van der Waals surface area contributed by atoms with Crippen molar-refractivity contribution in [2.45, 2.75) is 13.3 Å². The Balaban J connectivity index is 3.12. The minimum absolute atomic E-state index is 0.213. The summed E-state index contributed by atoms with van der Waals surface area (Å²) in [6.07, 6.45) is 1.55. The van der Waals surface area contributed by atoms with Crippen molar-refractivity contribution in [3.63, 3.8) is 0 Å². The van der Waals surface area contributed by atoms with Crippen molar-refractivity contribution in [1.29, 1.82) is 0 Å². The largest absolute Gasteiger partial charge is 0.478 e. The highest BCUT2D eigenvalue weighted by molar-refractivity contribution is 6.19. The first-order valence-corrected chi connectivity index (χ1v) is 4.81. The Bertz CT molecular complexity index is 429. The Morgan fingerprint density at radius 3 is 2.12 bits per heavy atom. The third-order valence-corrected chi connectivity index (χ3v) is 2.17. The van der Waals surface area contributed by atoms with Crippen LogP contribution in [0.1, 0.15) is 18.1 Å². The van der Waals surface area contributed by atoms with Gasteiger partial charge in [-0.25, -0.2) is 9.59 Å². The zero-order valence-electron chi connectivity index (χ0n) is 8.80. The van der Waals surface area contributed by atoms with Gasteiger partial charge in [0.15, 0.2) is 0 Å². The van der Waals surface area contributed by atoms with Crippen LogP contribution < -0.4 is 0 Å². The van der Waals surface area contributed by atoms with Crippen molar-refractivity contribution in [2.75, 3.05) is 0 Å². The molecule has 4 heteroatoms. The lowest BCUT2D eigenvalue weighted by molar-refractivity contribution is -0.133. The van der Waals surface area contributed by atoms with E-state index in [1.165, 1.54) is 0 Å². The van der Waals surface area contributed by atoms with Crippen LogP contribution in [-0.4, -0.2) is 22.2 Å². The molecule has 2 N–H and O–H groups in total. The molecule has 0 aliphatic heterocycles. The van der Waals surface area contributed by atoms with Crippen LogP contribution in [-0.2, 0) is 16.0 Å². The lowest BCUT2D eigenvalue weighted by Gasteiger charge is -2.03. The molecular weight excluding hydrogens is 208 g/mol. The number of rotatable bonds is 4. The summed E-state index contributed by atoms with van der Waals surface area (Å²) >= 11 is 0. The maximum atomic E-state index is 10.9. The maximum absolute atomic E-state index is 10.9. The average molecular weight is 220 g/mol. The van der Waals surface area contributed by atoms with Crippen LogP contribution in [0.2, 0.25) is 0 Å². The average Bonchev–Trinajstić information content (AvgIpc) is 2.25. The third kappa shape index (κ3) is 2.95. The van der Waals surface area contributed by atoms with Crippen molar-refractivity contribution in [3.05, 3.63) is 41.5 Å². The SMILES string of the molecule is CCc1ccc(/C(=C/C(=O)O)C(=O)O)cc1. The number of aliphatic carboxylic acids is 2. The van der Waals surface area contributed by atoms with Gasteiger partial charge in [0.05, 0.1) is 5.57 Å². The second-order valence-corrected chi connectivity index (χ2v) is 3.25. The molecule has 0 saturated heterocycles. The van der Waals surface area contributed by atoms with Crippen molar-refractivity contribution in [2.24, 2.45) is 0 Å². The van der Waals surface area contributed by atoms with E-state index in [2.05, 4.69) is 0 Å². The van der Waals surface area contributed by atoms with Crippen LogP contribution in [0.5, 0.6) is 0 Å². The Labute approximate surface area is 92.8 Å². The van der Waals surface area contributed by atoms with Gasteiger partial charge in [-0.3, -0.25) is 0 Å². The summed E-state index contributed by atoms with van der Waals surface area (Å²) < 4.78 is 0. The summed E-state index contributed by atoms with van der Waals surface area (Å²) in [5, 5.41) is 17.4. The lowest BCUT2D eigenvalue weighted by Crippen LogP contribution is -2.03. The molecular formula is C12H12O4. The van der Waals surface area contributed by atoms with E-state index in [-0.39, 0.29) is 5.57 Å². The van der Waals surface area contributed by atoms with Gasteiger partial charge in [-0.2, -0.15) is 0 Å². The predicted octanol–water partition coefficient (Wildman–Crippen LogP) is 1.80. The van der Waals surface area contributed by atoms with Crippen LogP contribution in [0.3, 0.4) is 0 Å². The second-order valence-electron chi connectivity index (χ2n) is 3.25. The first kappa shape index (κ1) is 12.0. The zero-order valence-corrected chi connectivity index (χ0v) is 8.80. The number of benzene rings is 1.